The van der Waals surface area contributed by atoms with Crippen molar-refractivity contribution in [3.63, 3.8) is 0 Å². The maximum atomic E-state index is 13.2. The van der Waals surface area contributed by atoms with Gasteiger partial charge in [0.15, 0.2) is 0 Å². The Labute approximate surface area is 194 Å². The first-order valence-electron chi connectivity index (χ1n) is 10.5. The van der Waals surface area contributed by atoms with Crippen LogP contribution in [0.3, 0.4) is 0 Å². The molecular weight excluding hydrogens is 424 g/mol. The molecule has 0 saturated carbocycles. The van der Waals surface area contributed by atoms with Gasteiger partial charge in [0.25, 0.3) is 11.7 Å². The summed E-state index contributed by atoms with van der Waals surface area (Å²) in [5, 5.41) is 11.3. The van der Waals surface area contributed by atoms with Crippen LogP contribution in [0, 0.1) is 6.92 Å². The number of hydrogen-bond acceptors (Lipinski definition) is 7. The largest absolute Gasteiger partial charge is 0.507 e. The van der Waals surface area contributed by atoms with Crippen LogP contribution in [0.5, 0.6) is 17.2 Å². The van der Waals surface area contributed by atoms with Gasteiger partial charge in [-0.05, 0) is 56.9 Å². The summed E-state index contributed by atoms with van der Waals surface area (Å²) in [5.74, 6) is 0.0321. The van der Waals surface area contributed by atoms with E-state index in [2.05, 4.69) is 0 Å². The van der Waals surface area contributed by atoms with E-state index in [0.29, 0.717) is 47.0 Å². The van der Waals surface area contributed by atoms with Crippen molar-refractivity contribution in [2.75, 3.05) is 48.5 Å². The average Bonchev–Trinajstić information content (AvgIpc) is 3.06. The molecule has 1 fully saturated rings. The molecule has 8 heteroatoms. The van der Waals surface area contributed by atoms with Crippen molar-refractivity contribution in [2.24, 2.45) is 0 Å². The number of amides is 1. The van der Waals surface area contributed by atoms with Gasteiger partial charge in [-0.3, -0.25) is 9.59 Å². The van der Waals surface area contributed by atoms with E-state index in [1.54, 1.807) is 50.6 Å². The number of likely N-dealkylation sites (N-methyl/N-ethyl adjacent to an activating group) is 1. The first kappa shape index (κ1) is 24.1. The monoisotopic (exact) mass is 454 g/mol. The fourth-order valence-corrected chi connectivity index (χ4v) is 3.96. The minimum absolute atomic E-state index is 0.0236. The smallest absolute Gasteiger partial charge is 0.295 e. The fraction of sp³-hybridized carbons (Fsp3) is 0.360. The number of rotatable bonds is 8. The zero-order valence-electron chi connectivity index (χ0n) is 19.8. The van der Waals surface area contributed by atoms with Gasteiger partial charge in [-0.1, -0.05) is 0 Å². The van der Waals surface area contributed by atoms with Crippen molar-refractivity contribution in [1.82, 2.24) is 9.80 Å². The molecule has 0 aromatic heterocycles. The molecule has 1 amide bonds. The van der Waals surface area contributed by atoms with E-state index in [1.807, 2.05) is 25.9 Å². The summed E-state index contributed by atoms with van der Waals surface area (Å²) in [6.07, 6.45) is 0. The summed E-state index contributed by atoms with van der Waals surface area (Å²) in [5.41, 5.74) is 1.78. The number of Topliss-reactive ketones (excluding diaryl/α,β-unsaturated/α-hetero) is 1. The van der Waals surface area contributed by atoms with Gasteiger partial charge in [-0.15, -0.1) is 0 Å². The number of carbonyl (C=O) groups excluding carboxylic acids is 2. The number of likely N-dealkylation sites (tertiary alicyclic amines) is 1. The highest BCUT2D eigenvalue weighted by atomic mass is 16.5. The Kier molecular flexibility index (Phi) is 7.28. The van der Waals surface area contributed by atoms with Gasteiger partial charge in [0.2, 0.25) is 0 Å². The van der Waals surface area contributed by atoms with Crippen molar-refractivity contribution in [3.8, 4) is 17.2 Å². The van der Waals surface area contributed by atoms with Crippen molar-refractivity contribution >= 4 is 17.4 Å². The molecule has 0 spiro atoms. The van der Waals surface area contributed by atoms with Gasteiger partial charge in [0, 0.05) is 30.3 Å². The van der Waals surface area contributed by atoms with E-state index >= 15 is 0 Å². The third-order valence-electron chi connectivity index (χ3n) is 5.75. The normalized spacial score (nSPS) is 17.5. The minimum Gasteiger partial charge on any atom is -0.507 e. The lowest BCUT2D eigenvalue weighted by Gasteiger charge is -2.28. The second kappa shape index (κ2) is 9.95. The lowest BCUT2D eigenvalue weighted by molar-refractivity contribution is -0.140. The van der Waals surface area contributed by atoms with Gasteiger partial charge in [-0.25, -0.2) is 0 Å². The van der Waals surface area contributed by atoms with E-state index in [4.69, 9.17) is 14.2 Å². The van der Waals surface area contributed by atoms with Gasteiger partial charge in [0.05, 0.1) is 32.9 Å². The van der Waals surface area contributed by atoms with Crippen LogP contribution in [0.25, 0.3) is 5.76 Å². The van der Waals surface area contributed by atoms with Gasteiger partial charge >= 0.3 is 0 Å². The fourth-order valence-electron chi connectivity index (χ4n) is 3.96. The molecule has 2 aromatic carbocycles. The number of aliphatic hydroxyl groups excluding tert-OH is 1. The van der Waals surface area contributed by atoms with Crippen molar-refractivity contribution < 1.29 is 28.9 Å². The number of methoxy groups -OCH3 is 3. The number of benzene rings is 2. The van der Waals surface area contributed by atoms with Crippen LogP contribution >= 0.6 is 0 Å². The molecule has 1 heterocycles. The molecular formula is C25H30N2O6. The molecule has 1 N–H and O–H groups in total. The zero-order valence-corrected chi connectivity index (χ0v) is 19.8. The van der Waals surface area contributed by atoms with E-state index < -0.39 is 17.7 Å². The maximum Gasteiger partial charge on any atom is 0.295 e. The molecule has 1 aliphatic heterocycles. The molecule has 0 aliphatic carbocycles. The molecule has 33 heavy (non-hydrogen) atoms. The van der Waals surface area contributed by atoms with Crippen LogP contribution in [-0.2, 0) is 9.59 Å². The first-order valence-corrected chi connectivity index (χ1v) is 10.5. The highest BCUT2D eigenvalue weighted by molar-refractivity contribution is 6.46. The molecule has 1 atom stereocenters. The van der Waals surface area contributed by atoms with E-state index in [1.165, 1.54) is 12.0 Å². The summed E-state index contributed by atoms with van der Waals surface area (Å²) in [6, 6.07) is 9.52. The van der Waals surface area contributed by atoms with Gasteiger partial charge in [0.1, 0.15) is 23.0 Å². The van der Waals surface area contributed by atoms with Crippen LogP contribution in [0.1, 0.15) is 22.7 Å². The van der Waals surface area contributed by atoms with Crippen molar-refractivity contribution in [3.05, 3.63) is 58.7 Å². The average molecular weight is 455 g/mol. The molecule has 0 radical (unpaired) electrons. The van der Waals surface area contributed by atoms with E-state index in [9.17, 15) is 14.7 Å². The van der Waals surface area contributed by atoms with Crippen LogP contribution in [-0.4, -0.2) is 75.1 Å². The lowest BCUT2D eigenvalue weighted by atomic mass is 9.93. The SMILES string of the molecule is COc1ccc(C(O)=C2C(=O)C(=O)N(CCN(C)C)[C@H]2c2ccc(OC)cc2OC)c(C)c1. The lowest BCUT2D eigenvalue weighted by Crippen LogP contribution is -2.35. The number of aliphatic hydroxyl groups is 1. The Morgan fingerprint density at radius 1 is 1.00 bits per heavy atom. The summed E-state index contributed by atoms with van der Waals surface area (Å²) in [6.45, 7) is 2.65. The predicted octanol–water partition coefficient (Wildman–Crippen LogP) is 3.00. The highest BCUT2D eigenvalue weighted by Crippen LogP contribution is 2.44. The van der Waals surface area contributed by atoms with Crippen LogP contribution in [0.4, 0.5) is 0 Å². The first-order chi connectivity index (χ1) is 15.7. The predicted molar refractivity (Wildman–Crippen MR) is 125 cm³/mol. The Hall–Kier alpha value is -3.52. The topological polar surface area (TPSA) is 88.5 Å². The van der Waals surface area contributed by atoms with Gasteiger partial charge in [-0.2, -0.15) is 0 Å². The number of hydrogen-bond donors (Lipinski definition) is 1. The Balaban J connectivity index is 2.23. The van der Waals surface area contributed by atoms with Crippen molar-refractivity contribution in [1.29, 1.82) is 0 Å². The van der Waals surface area contributed by atoms with Gasteiger partial charge < -0.3 is 29.1 Å². The molecule has 0 unspecified atom stereocenters. The number of ketones is 1. The number of carbonyl (C=O) groups is 2. The number of nitrogens with zero attached hydrogens (tertiary/aromatic N) is 2. The third-order valence-corrected chi connectivity index (χ3v) is 5.75. The Bertz CT molecular complexity index is 1090. The molecule has 0 bridgehead atoms. The standard InChI is InChI=1S/C25H30N2O6/c1-15-13-16(31-4)7-9-18(15)23(28)21-22(19-10-8-17(32-5)14-20(19)33-6)27(12-11-26(2)3)25(30)24(21)29/h7-10,13-14,22,28H,11-12H2,1-6H3/t22-/m0/s1. The summed E-state index contributed by atoms with van der Waals surface area (Å²) < 4.78 is 16.1. The highest BCUT2D eigenvalue weighted by Gasteiger charge is 2.47. The molecule has 1 aliphatic rings. The molecule has 1 saturated heterocycles. The zero-order chi connectivity index (χ0) is 24.3. The summed E-state index contributed by atoms with van der Waals surface area (Å²) >= 11 is 0. The molecule has 3 rings (SSSR count). The van der Waals surface area contributed by atoms with Crippen LogP contribution < -0.4 is 14.2 Å². The Morgan fingerprint density at radius 2 is 1.64 bits per heavy atom. The van der Waals surface area contributed by atoms with Crippen LogP contribution in [0.15, 0.2) is 42.0 Å². The second-order valence-electron chi connectivity index (χ2n) is 8.08. The molecule has 8 nitrogen and oxygen atoms in total. The van der Waals surface area contributed by atoms with Crippen molar-refractivity contribution in [2.45, 2.75) is 13.0 Å². The summed E-state index contributed by atoms with van der Waals surface area (Å²) in [4.78, 5) is 29.7. The number of aryl methyl sites for hydroxylation is 1. The summed E-state index contributed by atoms with van der Waals surface area (Å²) in [7, 11) is 8.39. The van der Waals surface area contributed by atoms with E-state index in [0.717, 1.165) is 0 Å². The molecule has 2 aromatic rings. The maximum absolute atomic E-state index is 13.2. The van der Waals surface area contributed by atoms with Crippen LogP contribution in [0.2, 0.25) is 0 Å². The number of ether oxygens (including phenoxy) is 3. The van der Waals surface area contributed by atoms with E-state index in [-0.39, 0.29) is 11.3 Å². The minimum atomic E-state index is -0.813. The molecule has 176 valence electrons. The third kappa shape index (κ3) is 4.66. The second-order valence-corrected chi connectivity index (χ2v) is 8.08. The Morgan fingerprint density at radius 3 is 2.21 bits per heavy atom. The quantitative estimate of drug-likeness (QED) is 0.373.